The van der Waals surface area contributed by atoms with Crippen LogP contribution in [0.4, 0.5) is 0 Å². The monoisotopic (exact) mass is 323 g/mol. The fraction of sp³-hybridized carbons (Fsp3) is 0.263. The van der Waals surface area contributed by atoms with Crippen molar-refractivity contribution < 1.29 is 9.59 Å². The Bertz CT molecular complexity index is 773. The average Bonchev–Trinajstić information content (AvgIpc) is 2.56. The minimum Gasteiger partial charge on any atom is -0.366 e. The zero-order chi connectivity index (χ0) is 17.1. The molecule has 0 bridgehead atoms. The summed E-state index contributed by atoms with van der Waals surface area (Å²) in [5.74, 6) is -0.426. The molecule has 1 fully saturated rings. The van der Waals surface area contributed by atoms with Crippen molar-refractivity contribution >= 4 is 11.8 Å². The van der Waals surface area contributed by atoms with E-state index in [9.17, 15) is 9.59 Å². The highest BCUT2D eigenvalue weighted by Crippen LogP contribution is 2.27. The zero-order valence-corrected chi connectivity index (χ0v) is 13.7. The van der Waals surface area contributed by atoms with Gasteiger partial charge in [-0.3, -0.25) is 14.5 Å². The van der Waals surface area contributed by atoms with Gasteiger partial charge in [-0.1, -0.05) is 36.4 Å². The molecule has 0 saturated carbocycles. The maximum Gasteiger partial charge on any atom is 0.248 e. The first-order chi connectivity index (χ1) is 11.6. The number of nitrogens with zero attached hydrogens (tertiary/aromatic N) is 1. The van der Waals surface area contributed by atoms with Crippen LogP contribution in [0.5, 0.6) is 0 Å². The summed E-state index contributed by atoms with van der Waals surface area (Å²) in [6.45, 7) is 3.99. The Morgan fingerprint density at radius 2 is 2.04 bits per heavy atom. The maximum absolute atomic E-state index is 12.5. The van der Waals surface area contributed by atoms with Crippen LogP contribution in [0, 0.1) is 6.92 Å². The molecule has 0 spiro atoms. The number of hydrogen-bond acceptors (Lipinski definition) is 3. The summed E-state index contributed by atoms with van der Waals surface area (Å²) in [6.07, 6.45) is 0. The fourth-order valence-corrected chi connectivity index (χ4v) is 3.17. The molecule has 2 aromatic rings. The summed E-state index contributed by atoms with van der Waals surface area (Å²) >= 11 is 0. The van der Waals surface area contributed by atoms with Crippen molar-refractivity contribution in [3.05, 3.63) is 70.8 Å². The summed E-state index contributed by atoms with van der Waals surface area (Å²) < 4.78 is 0. The Hall–Kier alpha value is -2.66. The molecule has 5 heteroatoms. The van der Waals surface area contributed by atoms with E-state index in [2.05, 4.69) is 10.2 Å². The lowest BCUT2D eigenvalue weighted by molar-refractivity contribution is -0.129. The van der Waals surface area contributed by atoms with Gasteiger partial charge < -0.3 is 11.1 Å². The van der Waals surface area contributed by atoms with Gasteiger partial charge in [-0.25, -0.2) is 0 Å². The molecule has 1 aliphatic rings. The first-order valence-electron chi connectivity index (χ1n) is 8.02. The maximum atomic E-state index is 12.5. The van der Waals surface area contributed by atoms with E-state index in [1.165, 1.54) is 0 Å². The Morgan fingerprint density at radius 1 is 1.25 bits per heavy atom. The molecule has 3 N–H and O–H groups in total. The summed E-state index contributed by atoms with van der Waals surface area (Å²) in [4.78, 5) is 26.0. The van der Waals surface area contributed by atoms with Crippen molar-refractivity contribution in [2.75, 3.05) is 13.1 Å². The highest BCUT2D eigenvalue weighted by Gasteiger charge is 2.31. The first kappa shape index (κ1) is 16.2. The molecular weight excluding hydrogens is 302 g/mol. The standard InChI is InChI=1S/C19H21N3O2/c1-13-5-2-3-8-16(13)17-19(24)21-9-10-22(17)12-14-6-4-7-15(11-14)18(20)23/h2-8,11,17H,9-10,12H2,1H3,(H2,20,23)(H,21,24). The third kappa shape index (κ3) is 3.31. The third-order valence-electron chi connectivity index (χ3n) is 4.39. The average molecular weight is 323 g/mol. The minimum absolute atomic E-state index is 0.0154. The van der Waals surface area contributed by atoms with Crippen LogP contribution >= 0.6 is 0 Å². The van der Waals surface area contributed by atoms with Gasteiger partial charge in [-0.2, -0.15) is 0 Å². The van der Waals surface area contributed by atoms with Gasteiger partial charge >= 0.3 is 0 Å². The van der Waals surface area contributed by atoms with Crippen LogP contribution < -0.4 is 11.1 Å². The molecule has 2 amide bonds. The molecule has 1 saturated heterocycles. The van der Waals surface area contributed by atoms with Crippen LogP contribution in [0.1, 0.15) is 33.1 Å². The first-order valence-corrected chi connectivity index (χ1v) is 8.02. The lowest BCUT2D eigenvalue weighted by atomic mass is 9.97. The van der Waals surface area contributed by atoms with Gasteiger partial charge in [-0.05, 0) is 35.7 Å². The quantitative estimate of drug-likeness (QED) is 0.900. The zero-order valence-electron chi connectivity index (χ0n) is 13.7. The second-order valence-electron chi connectivity index (χ2n) is 6.09. The van der Waals surface area contributed by atoms with E-state index in [4.69, 9.17) is 5.73 Å². The van der Waals surface area contributed by atoms with Gasteiger partial charge in [0.15, 0.2) is 0 Å². The van der Waals surface area contributed by atoms with Crippen molar-refractivity contribution in [2.24, 2.45) is 5.73 Å². The third-order valence-corrected chi connectivity index (χ3v) is 4.39. The van der Waals surface area contributed by atoms with Gasteiger partial charge in [-0.15, -0.1) is 0 Å². The van der Waals surface area contributed by atoms with Crippen LogP contribution in [-0.4, -0.2) is 29.8 Å². The molecule has 1 heterocycles. The van der Waals surface area contributed by atoms with Crippen LogP contribution in [0.2, 0.25) is 0 Å². The molecule has 1 atom stereocenters. The van der Waals surface area contributed by atoms with Crippen LogP contribution in [0.3, 0.4) is 0 Å². The molecule has 2 aromatic carbocycles. The van der Waals surface area contributed by atoms with E-state index in [0.717, 1.165) is 23.2 Å². The molecule has 0 aliphatic carbocycles. The van der Waals surface area contributed by atoms with Crippen molar-refractivity contribution in [2.45, 2.75) is 19.5 Å². The minimum atomic E-state index is -0.441. The highest BCUT2D eigenvalue weighted by atomic mass is 16.2. The molecule has 5 nitrogen and oxygen atoms in total. The largest absolute Gasteiger partial charge is 0.366 e. The van der Waals surface area contributed by atoms with Crippen molar-refractivity contribution in [3.63, 3.8) is 0 Å². The van der Waals surface area contributed by atoms with Gasteiger partial charge in [0.05, 0.1) is 0 Å². The Kier molecular flexibility index (Phi) is 4.62. The van der Waals surface area contributed by atoms with Crippen LogP contribution in [0.15, 0.2) is 48.5 Å². The lowest BCUT2D eigenvalue weighted by Crippen LogP contribution is -2.49. The number of carbonyl (C=O) groups excluding carboxylic acids is 2. The number of carbonyl (C=O) groups is 2. The number of aryl methyl sites for hydroxylation is 1. The number of amides is 2. The summed E-state index contributed by atoms with van der Waals surface area (Å²) in [7, 11) is 0. The van der Waals surface area contributed by atoms with E-state index >= 15 is 0 Å². The smallest absolute Gasteiger partial charge is 0.248 e. The van der Waals surface area contributed by atoms with Crippen molar-refractivity contribution in [1.29, 1.82) is 0 Å². The van der Waals surface area contributed by atoms with E-state index < -0.39 is 5.91 Å². The van der Waals surface area contributed by atoms with Crippen LogP contribution in [0.25, 0.3) is 0 Å². The van der Waals surface area contributed by atoms with Gasteiger partial charge in [0.1, 0.15) is 6.04 Å². The predicted octanol–water partition coefficient (Wildman–Crippen LogP) is 1.77. The Labute approximate surface area is 141 Å². The van der Waals surface area contributed by atoms with Gasteiger partial charge in [0.2, 0.25) is 11.8 Å². The van der Waals surface area contributed by atoms with Crippen molar-refractivity contribution in [3.8, 4) is 0 Å². The lowest BCUT2D eigenvalue weighted by Gasteiger charge is -2.36. The fourth-order valence-electron chi connectivity index (χ4n) is 3.17. The molecule has 0 radical (unpaired) electrons. The Morgan fingerprint density at radius 3 is 2.79 bits per heavy atom. The second-order valence-corrected chi connectivity index (χ2v) is 6.09. The highest BCUT2D eigenvalue weighted by molar-refractivity contribution is 5.92. The summed E-state index contributed by atoms with van der Waals surface area (Å²) in [6, 6.07) is 14.9. The van der Waals surface area contributed by atoms with E-state index in [-0.39, 0.29) is 11.9 Å². The van der Waals surface area contributed by atoms with E-state index in [1.54, 1.807) is 12.1 Å². The molecule has 24 heavy (non-hydrogen) atoms. The summed E-state index contributed by atoms with van der Waals surface area (Å²) in [5.41, 5.74) is 8.93. The topological polar surface area (TPSA) is 75.4 Å². The molecule has 124 valence electrons. The predicted molar refractivity (Wildman–Crippen MR) is 92.3 cm³/mol. The molecule has 1 unspecified atom stereocenters. The normalized spacial score (nSPS) is 18.2. The van der Waals surface area contributed by atoms with Crippen molar-refractivity contribution in [1.82, 2.24) is 10.2 Å². The number of nitrogens with one attached hydrogen (secondary N) is 1. The number of nitrogens with two attached hydrogens (primary N) is 1. The number of primary amides is 1. The molecule has 0 aromatic heterocycles. The Balaban J connectivity index is 1.90. The second kappa shape index (κ2) is 6.84. The number of benzene rings is 2. The molecule has 3 rings (SSSR count). The number of rotatable bonds is 4. The molecular formula is C19H21N3O2. The van der Waals surface area contributed by atoms with E-state index in [1.807, 2.05) is 43.3 Å². The molecule has 1 aliphatic heterocycles. The number of piperazine rings is 1. The van der Waals surface area contributed by atoms with Gasteiger partial charge in [0, 0.05) is 25.2 Å². The van der Waals surface area contributed by atoms with Crippen LogP contribution in [-0.2, 0) is 11.3 Å². The number of hydrogen-bond donors (Lipinski definition) is 2. The summed E-state index contributed by atoms with van der Waals surface area (Å²) in [5, 5.41) is 2.95. The SMILES string of the molecule is Cc1ccccc1C1C(=O)NCCN1Cc1cccc(C(N)=O)c1. The van der Waals surface area contributed by atoms with E-state index in [0.29, 0.717) is 18.7 Å². The van der Waals surface area contributed by atoms with Gasteiger partial charge in [0.25, 0.3) is 0 Å².